The fourth-order valence-electron chi connectivity index (χ4n) is 2.29. The van der Waals surface area contributed by atoms with Gasteiger partial charge in [0.1, 0.15) is 6.04 Å². The molecule has 0 heterocycles. The summed E-state index contributed by atoms with van der Waals surface area (Å²) in [6, 6.07) is 13.3. The third kappa shape index (κ3) is 5.56. The van der Waals surface area contributed by atoms with Crippen LogP contribution in [0.4, 0.5) is 5.69 Å². The second kappa shape index (κ2) is 8.61. The van der Waals surface area contributed by atoms with Crippen LogP contribution in [0.5, 0.6) is 0 Å². The lowest BCUT2D eigenvalue weighted by Gasteiger charge is -2.17. The molecule has 0 aromatic heterocycles. The van der Waals surface area contributed by atoms with Gasteiger partial charge in [-0.1, -0.05) is 24.3 Å². The first-order valence-electron chi connectivity index (χ1n) is 7.58. The molecule has 0 aliphatic rings. The molecule has 0 spiro atoms. The van der Waals surface area contributed by atoms with Crippen LogP contribution in [0, 0.1) is 3.57 Å². The van der Waals surface area contributed by atoms with E-state index in [0.717, 1.165) is 9.13 Å². The number of nitrogens with two attached hydrogens (primary N) is 1. The van der Waals surface area contributed by atoms with E-state index in [4.69, 9.17) is 5.73 Å². The lowest BCUT2D eigenvalue weighted by Crippen LogP contribution is -2.46. The van der Waals surface area contributed by atoms with Crippen molar-refractivity contribution < 1.29 is 14.4 Å². The van der Waals surface area contributed by atoms with Gasteiger partial charge in [-0.3, -0.25) is 14.4 Å². The van der Waals surface area contributed by atoms with E-state index in [1.807, 2.05) is 24.3 Å². The standard InChI is InChI=1S/C18H18IN3O3/c1-11(23)21-15-5-3-2-4-14(15)18(25)22-16(17(20)24)10-12-6-8-13(19)9-7-12/h2-9,16H,10H2,1H3,(H2,20,24)(H,21,23)(H,22,25)/t16-/m0/s1. The Morgan fingerprint density at radius 1 is 1.08 bits per heavy atom. The smallest absolute Gasteiger partial charge is 0.254 e. The van der Waals surface area contributed by atoms with Crippen LogP contribution in [0.15, 0.2) is 48.5 Å². The van der Waals surface area contributed by atoms with Crippen LogP contribution >= 0.6 is 22.6 Å². The van der Waals surface area contributed by atoms with Gasteiger partial charge in [0, 0.05) is 16.9 Å². The largest absolute Gasteiger partial charge is 0.368 e. The molecule has 3 amide bonds. The van der Waals surface area contributed by atoms with Crippen molar-refractivity contribution in [2.24, 2.45) is 5.73 Å². The van der Waals surface area contributed by atoms with Gasteiger partial charge in [-0.2, -0.15) is 0 Å². The molecule has 0 fully saturated rings. The average Bonchev–Trinajstić information content (AvgIpc) is 2.56. The maximum absolute atomic E-state index is 12.5. The number of primary amides is 1. The monoisotopic (exact) mass is 451 g/mol. The van der Waals surface area contributed by atoms with E-state index in [1.54, 1.807) is 24.3 Å². The Morgan fingerprint density at radius 2 is 1.72 bits per heavy atom. The van der Waals surface area contributed by atoms with E-state index in [0.29, 0.717) is 12.1 Å². The van der Waals surface area contributed by atoms with Gasteiger partial charge in [-0.05, 0) is 52.4 Å². The summed E-state index contributed by atoms with van der Waals surface area (Å²) in [6.07, 6.45) is 0.292. The normalized spacial score (nSPS) is 11.4. The van der Waals surface area contributed by atoms with E-state index in [2.05, 4.69) is 33.2 Å². The summed E-state index contributed by atoms with van der Waals surface area (Å²) >= 11 is 2.19. The minimum absolute atomic E-state index is 0.270. The minimum atomic E-state index is -0.849. The number of benzene rings is 2. The molecule has 0 saturated heterocycles. The van der Waals surface area contributed by atoms with Gasteiger partial charge in [0.2, 0.25) is 11.8 Å². The van der Waals surface area contributed by atoms with E-state index in [-0.39, 0.29) is 11.5 Å². The van der Waals surface area contributed by atoms with Crippen molar-refractivity contribution >= 4 is 46.0 Å². The number of para-hydroxylation sites is 1. The lowest BCUT2D eigenvalue weighted by atomic mass is 10.0. The van der Waals surface area contributed by atoms with Crippen molar-refractivity contribution in [3.63, 3.8) is 0 Å². The zero-order chi connectivity index (χ0) is 18.4. The summed E-state index contributed by atoms with van der Waals surface area (Å²) in [4.78, 5) is 35.5. The van der Waals surface area contributed by atoms with Gasteiger partial charge in [0.05, 0.1) is 11.3 Å². The van der Waals surface area contributed by atoms with Gasteiger partial charge in [-0.15, -0.1) is 0 Å². The first-order valence-corrected chi connectivity index (χ1v) is 8.66. The molecular weight excluding hydrogens is 433 g/mol. The Morgan fingerprint density at radius 3 is 2.32 bits per heavy atom. The lowest BCUT2D eigenvalue weighted by molar-refractivity contribution is -0.119. The van der Waals surface area contributed by atoms with E-state index in [1.165, 1.54) is 6.92 Å². The second-order valence-electron chi connectivity index (χ2n) is 5.49. The maximum Gasteiger partial charge on any atom is 0.254 e. The van der Waals surface area contributed by atoms with Crippen molar-refractivity contribution in [3.8, 4) is 0 Å². The molecule has 7 heteroatoms. The highest BCUT2D eigenvalue weighted by molar-refractivity contribution is 14.1. The molecule has 0 aliphatic carbocycles. The van der Waals surface area contributed by atoms with Crippen LogP contribution in [-0.2, 0) is 16.0 Å². The summed E-state index contributed by atoms with van der Waals surface area (Å²) in [7, 11) is 0. The number of anilines is 1. The predicted molar refractivity (Wildman–Crippen MR) is 104 cm³/mol. The third-order valence-electron chi connectivity index (χ3n) is 3.48. The van der Waals surface area contributed by atoms with Gasteiger partial charge in [0.25, 0.3) is 5.91 Å². The topological polar surface area (TPSA) is 101 Å². The number of rotatable bonds is 6. The number of carbonyl (C=O) groups excluding carboxylic acids is 3. The van der Waals surface area contributed by atoms with Crippen LogP contribution in [0.3, 0.4) is 0 Å². The Kier molecular flexibility index (Phi) is 6.51. The fraction of sp³-hybridized carbons (Fsp3) is 0.167. The van der Waals surface area contributed by atoms with E-state index < -0.39 is 17.9 Å². The third-order valence-corrected chi connectivity index (χ3v) is 4.20. The first kappa shape index (κ1) is 18.9. The SMILES string of the molecule is CC(=O)Nc1ccccc1C(=O)N[C@@H](Cc1ccc(I)cc1)C(N)=O. The molecule has 0 bridgehead atoms. The molecular formula is C18H18IN3O3. The van der Waals surface area contributed by atoms with Gasteiger partial charge in [-0.25, -0.2) is 0 Å². The van der Waals surface area contributed by atoms with Crippen LogP contribution in [-0.4, -0.2) is 23.8 Å². The Balaban J connectivity index is 2.17. The van der Waals surface area contributed by atoms with E-state index in [9.17, 15) is 14.4 Å². The number of hydrogen-bond donors (Lipinski definition) is 3. The maximum atomic E-state index is 12.5. The van der Waals surface area contributed by atoms with Crippen molar-refractivity contribution in [2.75, 3.05) is 5.32 Å². The Labute approximate surface area is 159 Å². The van der Waals surface area contributed by atoms with Crippen molar-refractivity contribution in [1.82, 2.24) is 5.32 Å². The predicted octanol–water partition coefficient (Wildman–Crippen LogP) is 2.08. The zero-order valence-corrected chi connectivity index (χ0v) is 15.7. The van der Waals surface area contributed by atoms with Crippen molar-refractivity contribution in [2.45, 2.75) is 19.4 Å². The highest BCUT2D eigenvalue weighted by atomic mass is 127. The highest BCUT2D eigenvalue weighted by Crippen LogP contribution is 2.16. The summed E-state index contributed by atoms with van der Waals surface area (Å²) in [5, 5.41) is 5.24. The van der Waals surface area contributed by atoms with E-state index >= 15 is 0 Å². The average molecular weight is 451 g/mol. The fourth-order valence-corrected chi connectivity index (χ4v) is 2.65. The quantitative estimate of drug-likeness (QED) is 0.587. The summed E-state index contributed by atoms with van der Waals surface area (Å²) in [6.45, 7) is 1.36. The molecule has 2 aromatic rings. The highest BCUT2D eigenvalue weighted by Gasteiger charge is 2.21. The molecule has 0 saturated carbocycles. The number of carbonyl (C=O) groups is 3. The number of nitrogens with one attached hydrogen (secondary N) is 2. The molecule has 6 nitrogen and oxygen atoms in total. The Bertz CT molecular complexity index is 790. The Hall–Kier alpha value is -2.42. The van der Waals surface area contributed by atoms with Crippen LogP contribution in [0.25, 0.3) is 0 Å². The van der Waals surface area contributed by atoms with Crippen LogP contribution in [0.2, 0.25) is 0 Å². The molecule has 2 aromatic carbocycles. The van der Waals surface area contributed by atoms with Crippen LogP contribution in [0.1, 0.15) is 22.8 Å². The van der Waals surface area contributed by atoms with Crippen LogP contribution < -0.4 is 16.4 Å². The molecule has 25 heavy (non-hydrogen) atoms. The molecule has 2 rings (SSSR count). The first-order chi connectivity index (χ1) is 11.9. The number of amides is 3. The van der Waals surface area contributed by atoms with Gasteiger partial charge < -0.3 is 16.4 Å². The number of halogens is 1. The molecule has 0 aliphatic heterocycles. The molecule has 1 atom stereocenters. The summed E-state index contributed by atoms with van der Waals surface area (Å²) < 4.78 is 1.07. The molecule has 4 N–H and O–H groups in total. The van der Waals surface area contributed by atoms with Gasteiger partial charge >= 0.3 is 0 Å². The van der Waals surface area contributed by atoms with Gasteiger partial charge in [0.15, 0.2) is 0 Å². The van der Waals surface area contributed by atoms with Crippen molar-refractivity contribution in [3.05, 3.63) is 63.2 Å². The molecule has 130 valence electrons. The minimum Gasteiger partial charge on any atom is -0.368 e. The molecule has 0 unspecified atom stereocenters. The summed E-state index contributed by atoms with van der Waals surface area (Å²) in [5.74, 6) is -1.38. The second-order valence-corrected chi connectivity index (χ2v) is 6.73. The molecule has 0 radical (unpaired) electrons. The zero-order valence-electron chi connectivity index (χ0n) is 13.6. The number of hydrogen-bond acceptors (Lipinski definition) is 3. The summed E-state index contributed by atoms with van der Waals surface area (Å²) in [5.41, 5.74) is 6.97. The van der Waals surface area contributed by atoms with Crippen molar-refractivity contribution in [1.29, 1.82) is 0 Å².